The number of esters is 2. The molecule has 180 valence electrons. The van der Waals surface area contributed by atoms with Crippen molar-refractivity contribution in [3.05, 3.63) is 75.8 Å². The molecule has 0 spiro atoms. The number of nitrogens with zero attached hydrogens (tertiary/aromatic N) is 1. The van der Waals surface area contributed by atoms with Gasteiger partial charge in [0.1, 0.15) is 5.92 Å². The third kappa shape index (κ3) is 5.88. The van der Waals surface area contributed by atoms with E-state index in [-0.39, 0.29) is 27.8 Å². The molecule has 2 N–H and O–H groups in total. The lowest BCUT2D eigenvalue weighted by Gasteiger charge is -2.31. The number of nitrogens with one attached hydrogen (secondary N) is 2. The fraction of sp³-hybridized carbons (Fsp3) is 0.240. The Kier molecular flexibility index (Phi) is 8.28. The number of carbonyl (C=O) groups excluding carboxylic acids is 4. The number of hydrogen-bond acceptors (Lipinski definition) is 8. The van der Waals surface area contributed by atoms with Gasteiger partial charge in [-0.25, -0.2) is 4.79 Å². The van der Waals surface area contributed by atoms with Crippen LogP contribution in [0.1, 0.15) is 27.4 Å². The summed E-state index contributed by atoms with van der Waals surface area (Å²) in [4.78, 5) is 49.6. The number of amides is 2. The van der Waals surface area contributed by atoms with Crippen LogP contribution in [0.25, 0.3) is 0 Å². The van der Waals surface area contributed by atoms with Gasteiger partial charge in [-0.15, -0.1) is 0 Å². The summed E-state index contributed by atoms with van der Waals surface area (Å²) in [5.74, 6) is -4.69. The van der Waals surface area contributed by atoms with Crippen LogP contribution in [-0.2, 0) is 23.9 Å². The number of thioether (sulfide) groups is 1. The number of carbonyl (C=O) groups is 4. The highest BCUT2D eigenvalue weighted by atomic mass is 32.2. The van der Waals surface area contributed by atoms with E-state index >= 15 is 0 Å². The number of aryl methyl sites for hydroxylation is 1. The minimum atomic E-state index is -1.32. The molecule has 10 heteroatoms. The monoisotopic (exact) mass is 493 g/mol. The highest BCUT2D eigenvalue weighted by Crippen LogP contribution is 2.40. The third-order valence-electron chi connectivity index (χ3n) is 5.36. The Hall–Kier alpha value is -4.10. The summed E-state index contributed by atoms with van der Waals surface area (Å²) in [7, 11) is 2.41. The molecule has 0 unspecified atom stereocenters. The highest BCUT2D eigenvalue weighted by Gasteiger charge is 2.44. The van der Waals surface area contributed by atoms with Crippen LogP contribution in [0, 0.1) is 24.2 Å². The van der Waals surface area contributed by atoms with E-state index in [1.54, 1.807) is 24.3 Å². The number of rotatable bonds is 7. The molecule has 0 saturated carbocycles. The zero-order valence-electron chi connectivity index (χ0n) is 19.3. The molecular weight excluding hydrogens is 470 g/mol. The average Bonchev–Trinajstić information content (AvgIpc) is 2.87. The minimum Gasteiger partial charge on any atom is -0.468 e. The van der Waals surface area contributed by atoms with Crippen LogP contribution in [0.3, 0.4) is 0 Å². The first-order valence-corrected chi connectivity index (χ1v) is 11.5. The van der Waals surface area contributed by atoms with Crippen molar-refractivity contribution in [3.8, 4) is 6.07 Å². The van der Waals surface area contributed by atoms with Gasteiger partial charge >= 0.3 is 11.9 Å². The topological polar surface area (TPSA) is 135 Å². The molecule has 0 aromatic heterocycles. The van der Waals surface area contributed by atoms with Gasteiger partial charge in [-0.3, -0.25) is 14.4 Å². The molecule has 1 aliphatic rings. The number of nitriles is 1. The fourth-order valence-electron chi connectivity index (χ4n) is 3.60. The predicted molar refractivity (Wildman–Crippen MR) is 129 cm³/mol. The largest absolute Gasteiger partial charge is 0.468 e. The first-order valence-electron chi connectivity index (χ1n) is 10.5. The second kappa shape index (κ2) is 11.4. The number of hydrogen-bond donors (Lipinski definition) is 2. The van der Waals surface area contributed by atoms with Crippen molar-refractivity contribution in [3.63, 3.8) is 0 Å². The van der Waals surface area contributed by atoms with Crippen molar-refractivity contribution >= 4 is 41.2 Å². The molecule has 2 atom stereocenters. The number of allylic oxidation sites excluding steroid dienone is 1. The van der Waals surface area contributed by atoms with E-state index in [1.165, 1.54) is 19.2 Å². The molecule has 1 aliphatic heterocycles. The van der Waals surface area contributed by atoms with E-state index in [1.807, 2.05) is 19.1 Å². The Morgan fingerprint density at radius 3 is 2.29 bits per heavy atom. The molecule has 1 heterocycles. The third-order valence-corrected chi connectivity index (χ3v) is 6.37. The smallest absolute Gasteiger partial charge is 0.337 e. The Balaban J connectivity index is 1.90. The maximum Gasteiger partial charge on any atom is 0.337 e. The van der Waals surface area contributed by atoms with Crippen molar-refractivity contribution in [2.45, 2.75) is 12.8 Å². The summed E-state index contributed by atoms with van der Waals surface area (Å²) >= 11 is 0.983. The van der Waals surface area contributed by atoms with Crippen LogP contribution >= 0.6 is 11.8 Å². The average molecular weight is 494 g/mol. The van der Waals surface area contributed by atoms with Crippen LogP contribution in [0.2, 0.25) is 0 Å². The van der Waals surface area contributed by atoms with Crippen molar-refractivity contribution < 1.29 is 28.7 Å². The lowest BCUT2D eigenvalue weighted by Crippen LogP contribution is -2.44. The van der Waals surface area contributed by atoms with E-state index in [9.17, 15) is 24.4 Å². The van der Waals surface area contributed by atoms with E-state index < -0.39 is 29.7 Å². The van der Waals surface area contributed by atoms with E-state index in [2.05, 4.69) is 16.7 Å². The minimum absolute atomic E-state index is 0.0778. The zero-order valence-corrected chi connectivity index (χ0v) is 20.1. The molecule has 0 saturated heterocycles. The second-order valence-electron chi connectivity index (χ2n) is 7.64. The fourth-order valence-corrected chi connectivity index (χ4v) is 4.44. The number of anilines is 1. The molecular formula is C25H23N3O6S. The van der Waals surface area contributed by atoms with Gasteiger partial charge < -0.3 is 20.1 Å². The lowest BCUT2D eigenvalue weighted by molar-refractivity contribution is -0.150. The maximum atomic E-state index is 12.9. The second-order valence-corrected chi connectivity index (χ2v) is 8.62. The van der Waals surface area contributed by atoms with Crippen LogP contribution in [0.15, 0.2) is 59.1 Å². The van der Waals surface area contributed by atoms with E-state index in [0.29, 0.717) is 11.3 Å². The van der Waals surface area contributed by atoms with Crippen molar-refractivity contribution in [2.24, 2.45) is 5.92 Å². The van der Waals surface area contributed by atoms with Gasteiger partial charge in [-0.2, -0.15) is 5.26 Å². The molecule has 0 aliphatic carbocycles. The lowest BCUT2D eigenvalue weighted by atomic mass is 9.78. The number of methoxy groups -OCH3 is 2. The van der Waals surface area contributed by atoms with Crippen LogP contribution < -0.4 is 10.6 Å². The van der Waals surface area contributed by atoms with Gasteiger partial charge in [0.2, 0.25) is 11.8 Å². The van der Waals surface area contributed by atoms with Crippen molar-refractivity contribution in [1.29, 1.82) is 5.26 Å². The van der Waals surface area contributed by atoms with Gasteiger partial charge in [0.15, 0.2) is 0 Å². The summed E-state index contributed by atoms with van der Waals surface area (Å²) in [5, 5.41) is 15.5. The maximum absolute atomic E-state index is 12.9. The first kappa shape index (κ1) is 25.5. The van der Waals surface area contributed by atoms with Crippen molar-refractivity contribution in [1.82, 2.24) is 5.32 Å². The molecule has 0 radical (unpaired) electrons. The molecule has 3 rings (SSSR count). The Morgan fingerprint density at radius 2 is 1.71 bits per heavy atom. The van der Waals surface area contributed by atoms with Crippen molar-refractivity contribution in [2.75, 3.05) is 25.3 Å². The summed E-state index contributed by atoms with van der Waals surface area (Å²) in [6.07, 6.45) is 0. The number of ether oxygens (including phenoxy) is 2. The molecule has 9 nitrogen and oxygen atoms in total. The zero-order chi connectivity index (χ0) is 25.5. The van der Waals surface area contributed by atoms with Gasteiger partial charge in [-0.1, -0.05) is 41.6 Å². The Morgan fingerprint density at radius 1 is 1.06 bits per heavy atom. The SMILES string of the molecule is COC(=O)c1ccc([C@H]2C(C#N)=C(SCC(=O)Nc3ccc(C)cc3)NC(=O)[C@H]2C(=O)OC)cc1. The molecule has 2 amide bonds. The van der Waals surface area contributed by atoms with E-state index in [0.717, 1.165) is 24.4 Å². The van der Waals surface area contributed by atoms with Crippen LogP contribution in [0.4, 0.5) is 5.69 Å². The van der Waals surface area contributed by atoms with Gasteiger partial charge in [0.25, 0.3) is 0 Å². The molecule has 35 heavy (non-hydrogen) atoms. The predicted octanol–water partition coefficient (Wildman–Crippen LogP) is 2.89. The van der Waals surface area contributed by atoms with Gasteiger partial charge in [-0.05, 0) is 36.8 Å². The highest BCUT2D eigenvalue weighted by molar-refractivity contribution is 8.03. The summed E-state index contributed by atoms with van der Waals surface area (Å²) in [5.41, 5.74) is 2.52. The Bertz CT molecular complexity index is 1220. The van der Waals surface area contributed by atoms with Crippen LogP contribution in [0.5, 0.6) is 0 Å². The van der Waals surface area contributed by atoms with E-state index in [4.69, 9.17) is 9.47 Å². The summed E-state index contributed by atoms with van der Waals surface area (Å²) in [6, 6.07) is 15.4. The normalized spacial score (nSPS) is 17.1. The standard InChI is InChI=1S/C25H23N3O6S/c1-14-4-10-17(11-5-14)27-19(29)13-35-23-18(12-26)20(21(22(30)28-23)25(32)34-3)15-6-8-16(9-7-15)24(31)33-2/h4-11,20-21H,13H2,1-3H3,(H,27,29)(H,28,30)/t20-,21-/m0/s1. The molecule has 0 fully saturated rings. The number of benzene rings is 2. The summed E-state index contributed by atoms with van der Waals surface area (Å²) < 4.78 is 9.51. The summed E-state index contributed by atoms with van der Waals surface area (Å²) in [6.45, 7) is 1.93. The van der Waals surface area contributed by atoms with Gasteiger partial charge in [0, 0.05) is 11.6 Å². The molecule has 0 bridgehead atoms. The van der Waals surface area contributed by atoms with Gasteiger partial charge in [0.05, 0.1) is 42.2 Å². The van der Waals surface area contributed by atoms with Crippen LogP contribution in [-0.4, -0.2) is 43.7 Å². The first-order chi connectivity index (χ1) is 16.8. The quantitative estimate of drug-likeness (QED) is 0.444. The Labute approximate surface area is 206 Å². The molecule has 2 aromatic carbocycles. The molecule has 2 aromatic rings.